The number of carboxylic acids is 1. The van der Waals surface area contributed by atoms with Gasteiger partial charge in [-0.2, -0.15) is 0 Å². The molecule has 0 amide bonds. The smallest absolute Gasteiger partial charge is 0.340 e. The Morgan fingerprint density at radius 2 is 2.17 bits per heavy atom. The maximum absolute atomic E-state index is 13.3. The molecule has 0 aliphatic heterocycles. The molecule has 0 spiro atoms. The molecule has 4 N–H and O–H groups in total. The van der Waals surface area contributed by atoms with Crippen LogP contribution in [0.2, 0.25) is 0 Å². The molecule has 0 aromatic heterocycles. The van der Waals surface area contributed by atoms with E-state index in [1.807, 2.05) is 6.92 Å². The maximum Gasteiger partial charge on any atom is 0.340 e. The van der Waals surface area contributed by atoms with Crippen LogP contribution < -0.4 is 11.1 Å². The second-order valence-electron chi connectivity index (χ2n) is 4.23. The lowest BCUT2D eigenvalue weighted by Crippen LogP contribution is -2.20. The van der Waals surface area contributed by atoms with Crippen molar-refractivity contribution in [3.05, 3.63) is 23.5 Å². The summed E-state index contributed by atoms with van der Waals surface area (Å²) >= 11 is 0. The molecule has 0 aliphatic rings. The first-order chi connectivity index (χ1) is 8.51. The molecule has 1 unspecified atom stereocenters. The van der Waals surface area contributed by atoms with Crippen LogP contribution in [0.5, 0.6) is 0 Å². The summed E-state index contributed by atoms with van der Waals surface area (Å²) in [5.41, 5.74) is 5.35. The number of halogens is 1. The van der Waals surface area contributed by atoms with Gasteiger partial charge in [0.1, 0.15) is 11.4 Å². The van der Waals surface area contributed by atoms with Crippen molar-refractivity contribution in [2.24, 2.45) is 0 Å². The lowest BCUT2D eigenvalue weighted by Gasteiger charge is -2.19. The fourth-order valence-electron chi connectivity index (χ4n) is 1.89. The Labute approximate surface area is 106 Å². The number of carbonyl (C=O) groups is 1. The average Bonchev–Trinajstić information content (AvgIpc) is 2.32. The van der Waals surface area contributed by atoms with Gasteiger partial charge < -0.3 is 16.2 Å². The van der Waals surface area contributed by atoms with Gasteiger partial charge in [-0.1, -0.05) is 20.3 Å². The molecular weight excluding hydrogens is 235 g/mol. The van der Waals surface area contributed by atoms with Gasteiger partial charge in [0, 0.05) is 6.04 Å². The van der Waals surface area contributed by atoms with Gasteiger partial charge in [0.05, 0.1) is 11.4 Å². The van der Waals surface area contributed by atoms with Crippen LogP contribution >= 0.6 is 0 Å². The standard InChI is InChI=1S/C13H19FN2O2/c1-3-5-8(4-2)16-10-7-6-9(14)12(15)11(10)13(17)18/h6-8,16H,3-5,15H2,1-2H3,(H,17,18). The maximum atomic E-state index is 13.3. The zero-order valence-corrected chi connectivity index (χ0v) is 10.7. The Kier molecular flexibility index (Phi) is 4.95. The summed E-state index contributed by atoms with van der Waals surface area (Å²) in [4.78, 5) is 11.1. The third kappa shape index (κ3) is 3.12. The molecule has 100 valence electrons. The lowest BCUT2D eigenvalue weighted by atomic mass is 10.1. The summed E-state index contributed by atoms with van der Waals surface area (Å²) in [5.74, 6) is -1.93. The van der Waals surface area contributed by atoms with E-state index in [-0.39, 0.29) is 17.3 Å². The highest BCUT2D eigenvalue weighted by atomic mass is 19.1. The highest BCUT2D eigenvalue weighted by Crippen LogP contribution is 2.26. The largest absolute Gasteiger partial charge is 0.478 e. The highest BCUT2D eigenvalue weighted by Gasteiger charge is 2.18. The van der Waals surface area contributed by atoms with Crippen molar-refractivity contribution in [1.82, 2.24) is 0 Å². The van der Waals surface area contributed by atoms with Crippen molar-refractivity contribution < 1.29 is 14.3 Å². The van der Waals surface area contributed by atoms with E-state index in [9.17, 15) is 9.18 Å². The first-order valence-corrected chi connectivity index (χ1v) is 6.09. The van der Waals surface area contributed by atoms with Crippen LogP contribution in [0, 0.1) is 5.82 Å². The van der Waals surface area contributed by atoms with Crippen molar-refractivity contribution >= 4 is 17.3 Å². The van der Waals surface area contributed by atoms with Crippen molar-refractivity contribution in [3.8, 4) is 0 Å². The summed E-state index contributed by atoms with van der Waals surface area (Å²) in [6.45, 7) is 4.07. The first kappa shape index (κ1) is 14.3. The molecule has 1 aromatic rings. The van der Waals surface area contributed by atoms with Crippen LogP contribution in [-0.4, -0.2) is 17.1 Å². The van der Waals surface area contributed by atoms with E-state index in [0.29, 0.717) is 5.69 Å². The number of benzene rings is 1. The molecule has 1 atom stereocenters. The fraction of sp³-hybridized carbons (Fsp3) is 0.462. The SMILES string of the molecule is CCCC(CC)Nc1ccc(F)c(N)c1C(=O)O. The fourth-order valence-corrected chi connectivity index (χ4v) is 1.89. The molecule has 0 saturated heterocycles. The van der Waals surface area contributed by atoms with E-state index in [0.717, 1.165) is 19.3 Å². The number of rotatable bonds is 6. The van der Waals surface area contributed by atoms with Crippen LogP contribution in [0.4, 0.5) is 15.8 Å². The summed E-state index contributed by atoms with van der Waals surface area (Å²) < 4.78 is 13.3. The van der Waals surface area contributed by atoms with Crippen LogP contribution in [-0.2, 0) is 0 Å². The van der Waals surface area contributed by atoms with Gasteiger partial charge in [-0.05, 0) is 25.0 Å². The van der Waals surface area contributed by atoms with E-state index in [1.165, 1.54) is 12.1 Å². The Morgan fingerprint density at radius 1 is 1.50 bits per heavy atom. The minimum absolute atomic E-state index is 0.165. The molecule has 0 heterocycles. The van der Waals surface area contributed by atoms with Crippen molar-refractivity contribution in [1.29, 1.82) is 0 Å². The summed E-state index contributed by atoms with van der Waals surface area (Å²) in [7, 11) is 0. The van der Waals surface area contributed by atoms with Gasteiger partial charge in [0.25, 0.3) is 0 Å². The normalized spacial score (nSPS) is 12.2. The molecule has 4 nitrogen and oxygen atoms in total. The predicted molar refractivity (Wildman–Crippen MR) is 70.4 cm³/mol. The van der Waals surface area contributed by atoms with Crippen molar-refractivity contribution in [3.63, 3.8) is 0 Å². The van der Waals surface area contributed by atoms with Crippen molar-refractivity contribution in [2.45, 2.75) is 39.2 Å². The van der Waals surface area contributed by atoms with Crippen LogP contribution in [0.3, 0.4) is 0 Å². The second kappa shape index (κ2) is 6.23. The van der Waals surface area contributed by atoms with Crippen molar-refractivity contribution in [2.75, 3.05) is 11.1 Å². The Hall–Kier alpha value is -1.78. The lowest BCUT2D eigenvalue weighted by molar-refractivity contribution is 0.0698. The van der Waals surface area contributed by atoms with Crippen LogP contribution in [0.25, 0.3) is 0 Å². The first-order valence-electron chi connectivity index (χ1n) is 6.09. The molecule has 1 aromatic carbocycles. The topological polar surface area (TPSA) is 75.3 Å². The zero-order valence-electron chi connectivity index (χ0n) is 10.7. The molecule has 0 aliphatic carbocycles. The van der Waals surface area contributed by atoms with Gasteiger partial charge in [-0.25, -0.2) is 9.18 Å². The summed E-state index contributed by atoms with van der Waals surface area (Å²) in [5, 5.41) is 12.2. The Bertz CT molecular complexity index is 435. The van der Waals surface area contributed by atoms with E-state index < -0.39 is 11.8 Å². The molecule has 0 radical (unpaired) electrons. The molecule has 5 heteroatoms. The van der Waals surface area contributed by atoms with Gasteiger partial charge >= 0.3 is 5.97 Å². The monoisotopic (exact) mass is 254 g/mol. The Balaban J connectivity index is 3.08. The van der Waals surface area contributed by atoms with Gasteiger partial charge in [0.2, 0.25) is 0 Å². The molecular formula is C13H19FN2O2. The molecule has 0 bridgehead atoms. The number of anilines is 2. The van der Waals surface area contributed by atoms with E-state index in [1.54, 1.807) is 0 Å². The van der Waals surface area contributed by atoms with Gasteiger partial charge in [-0.3, -0.25) is 0 Å². The Morgan fingerprint density at radius 3 is 2.67 bits per heavy atom. The van der Waals surface area contributed by atoms with Gasteiger partial charge in [0.15, 0.2) is 0 Å². The number of nitrogens with two attached hydrogens (primary N) is 1. The number of nitrogens with one attached hydrogen (secondary N) is 1. The summed E-state index contributed by atoms with van der Waals surface area (Å²) in [6.07, 6.45) is 2.78. The minimum atomic E-state index is -1.22. The molecule has 1 rings (SSSR count). The number of nitrogen functional groups attached to an aromatic ring is 1. The van der Waals surface area contributed by atoms with E-state index >= 15 is 0 Å². The van der Waals surface area contributed by atoms with Gasteiger partial charge in [-0.15, -0.1) is 0 Å². The average molecular weight is 254 g/mol. The quantitative estimate of drug-likeness (QED) is 0.682. The second-order valence-corrected chi connectivity index (χ2v) is 4.23. The third-order valence-electron chi connectivity index (χ3n) is 2.90. The zero-order chi connectivity index (χ0) is 13.7. The number of carboxylic acid groups (broad SMARTS) is 1. The third-order valence-corrected chi connectivity index (χ3v) is 2.90. The number of aromatic carboxylic acids is 1. The predicted octanol–water partition coefficient (Wildman–Crippen LogP) is 3.10. The molecule has 18 heavy (non-hydrogen) atoms. The molecule has 0 fully saturated rings. The van der Waals surface area contributed by atoms with E-state index in [2.05, 4.69) is 12.2 Å². The van der Waals surface area contributed by atoms with Crippen LogP contribution in [0.1, 0.15) is 43.5 Å². The van der Waals surface area contributed by atoms with Crippen LogP contribution in [0.15, 0.2) is 12.1 Å². The number of hydrogen-bond donors (Lipinski definition) is 3. The molecule has 0 saturated carbocycles. The minimum Gasteiger partial charge on any atom is -0.478 e. The number of hydrogen-bond acceptors (Lipinski definition) is 3. The van der Waals surface area contributed by atoms with E-state index in [4.69, 9.17) is 10.8 Å². The summed E-state index contributed by atoms with van der Waals surface area (Å²) in [6, 6.07) is 2.77. The highest BCUT2D eigenvalue weighted by molar-refractivity contribution is 6.00.